The van der Waals surface area contributed by atoms with Gasteiger partial charge in [-0.1, -0.05) is 146 Å². The molecule has 47 heavy (non-hydrogen) atoms. The highest BCUT2D eigenvalue weighted by Gasteiger charge is 2.16. The van der Waals surface area contributed by atoms with Gasteiger partial charge in [0.05, 0.1) is 0 Å². The van der Waals surface area contributed by atoms with Crippen LogP contribution in [0, 0.1) is 0 Å². The van der Waals surface area contributed by atoms with Gasteiger partial charge in [-0.2, -0.15) is 0 Å². The molecule has 0 aromatic heterocycles. The quantitative estimate of drug-likeness (QED) is 0.178. The molecule has 0 aliphatic rings. The molecule has 0 aliphatic carbocycles. The molecular weight excluding hydrogens is 567 g/mol. The summed E-state index contributed by atoms with van der Waals surface area (Å²) in [5.41, 5.74) is 8.22. The van der Waals surface area contributed by atoms with Gasteiger partial charge in [-0.05, 0) is 108 Å². The van der Waals surface area contributed by atoms with Gasteiger partial charge in [0, 0.05) is 17.1 Å². The van der Waals surface area contributed by atoms with E-state index >= 15 is 0 Å². The second-order valence-electron chi connectivity index (χ2n) is 12.2. The third kappa shape index (κ3) is 4.81. The Morgan fingerprint density at radius 1 is 0.277 bits per heavy atom. The topological polar surface area (TPSA) is 3.24 Å². The van der Waals surface area contributed by atoms with Crippen LogP contribution in [0.1, 0.15) is 0 Å². The van der Waals surface area contributed by atoms with Crippen molar-refractivity contribution in [1.82, 2.24) is 0 Å². The van der Waals surface area contributed by atoms with Crippen LogP contribution in [0.4, 0.5) is 17.1 Å². The molecule has 0 aliphatic heterocycles. The van der Waals surface area contributed by atoms with E-state index in [0.29, 0.717) is 0 Å². The summed E-state index contributed by atoms with van der Waals surface area (Å²) in [5, 5.41) is 10.2. The van der Waals surface area contributed by atoms with Crippen molar-refractivity contribution >= 4 is 60.2 Å². The van der Waals surface area contributed by atoms with Gasteiger partial charge in [-0.25, -0.2) is 0 Å². The fourth-order valence-corrected chi connectivity index (χ4v) is 7.13. The van der Waals surface area contributed by atoms with Gasteiger partial charge in [0.25, 0.3) is 0 Å². The van der Waals surface area contributed by atoms with Crippen LogP contribution in [-0.2, 0) is 0 Å². The number of fused-ring (bicyclic) bond motifs is 6. The second kappa shape index (κ2) is 11.3. The van der Waals surface area contributed by atoms with E-state index in [1.807, 2.05) is 0 Å². The fourth-order valence-electron chi connectivity index (χ4n) is 7.13. The molecule has 0 spiro atoms. The van der Waals surface area contributed by atoms with E-state index in [4.69, 9.17) is 0 Å². The highest BCUT2D eigenvalue weighted by Crippen LogP contribution is 2.41. The molecule has 0 bridgehead atoms. The maximum atomic E-state index is 2.37. The Hall–Kier alpha value is -6.18. The molecule has 0 amide bonds. The number of rotatable bonds is 5. The van der Waals surface area contributed by atoms with E-state index < -0.39 is 0 Å². The van der Waals surface area contributed by atoms with Crippen LogP contribution in [0.5, 0.6) is 0 Å². The maximum Gasteiger partial charge on any atom is 0.0468 e. The van der Waals surface area contributed by atoms with Crippen molar-refractivity contribution < 1.29 is 0 Å². The zero-order chi connectivity index (χ0) is 31.2. The van der Waals surface area contributed by atoms with Crippen LogP contribution in [0.25, 0.3) is 65.3 Å². The molecule has 0 atom stereocenters. The summed E-state index contributed by atoms with van der Waals surface area (Å²) in [6, 6.07) is 68.2. The molecule has 0 saturated carbocycles. The van der Waals surface area contributed by atoms with Crippen molar-refractivity contribution in [3.05, 3.63) is 188 Å². The minimum atomic E-state index is 1.12. The van der Waals surface area contributed by atoms with Crippen LogP contribution in [0.3, 0.4) is 0 Å². The molecular formula is C46H31N. The van der Waals surface area contributed by atoms with Gasteiger partial charge in [-0.3, -0.25) is 0 Å². The summed E-state index contributed by atoms with van der Waals surface area (Å²) in [6.07, 6.45) is 0. The van der Waals surface area contributed by atoms with Crippen LogP contribution in [0.15, 0.2) is 188 Å². The van der Waals surface area contributed by atoms with Crippen molar-refractivity contribution in [2.24, 2.45) is 0 Å². The Morgan fingerprint density at radius 3 is 1.70 bits per heavy atom. The largest absolute Gasteiger partial charge is 0.310 e. The third-order valence-corrected chi connectivity index (χ3v) is 9.39. The first-order valence-corrected chi connectivity index (χ1v) is 16.2. The summed E-state index contributed by atoms with van der Waals surface area (Å²) < 4.78 is 0. The monoisotopic (exact) mass is 597 g/mol. The Morgan fingerprint density at radius 2 is 0.872 bits per heavy atom. The average Bonchev–Trinajstić information content (AvgIpc) is 3.15. The first kappa shape index (κ1) is 27.2. The number of nitrogens with zero attached hydrogens (tertiary/aromatic N) is 1. The SMILES string of the molecule is c1ccc(-c2cccc(N(c3ccc(-c4cc5ccc6ccccc6c5c5ccccc45)cc3)c3ccc4ccccc4c3)c2)cc1. The van der Waals surface area contributed by atoms with E-state index in [9.17, 15) is 0 Å². The molecule has 0 saturated heterocycles. The lowest BCUT2D eigenvalue weighted by atomic mass is 9.90. The highest BCUT2D eigenvalue weighted by molar-refractivity contribution is 6.23. The number of hydrogen-bond acceptors (Lipinski definition) is 1. The predicted molar refractivity (Wildman–Crippen MR) is 202 cm³/mol. The van der Waals surface area contributed by atoms with Gasteiger partial charge in [-0.15, -0.1) is 0 Å². The predicted octanol–water partition coefficient (Wildman–Crippen LogP) is 13.1. The van der Waals surface area contributed by atoms with Gasteiger partial charge in [0.1, 0.15) is 0 Å². The lowest BCUT2D eigenvalue weighted by molar-refractivity contribution is 1.29. The molecule has 0 unspecified atom stereocenters. The normalized spacial score (nSPS) is 11.4. The summed E-state index contributed by atoms with van der Waals surface area (Å²) in [5.74, 6) is 0. The van der Waals surface area contributed by atoms with Crippen LogP contribution >= 0.6 is 0 Å². The van der Waals surface area contributed by atoms with Crippen LogP contribution < -0.4 is 4.90 Å². The third-order valence-electron chi connectivity index (χ3n) is 9.39. The van der Waals surface area contributed by atoms with Crippen molar-refractivity contribution in [2.45, 2.75) is 0 Å². The average molecular weight is 598 g/mol. The Labute approximate surface area is 274 Å². The van der Waals surface area contributed by atoms with Crippen molar-refractivity contribution in [3.63, 3.8) is 0 Å². The first-order chi connectivity index (χ1) is 23.3. The Balaban J connectivity index is 1.20. The summed E-state index contributed by atoms with van der Waals surface area (Å²) in [6.45, 7) is 0. The zero-order valence-electron chi connectivity index (χ0n) is 25.8. The van der Waals surface area contributed by atoms with E-state index in [2.05, 4.69) is 193 Å². The lowest BCUT2D eigenvalue weighted by Crippen LogP contribution is -2.10. The Bertz CT molecular complexity index is 2560. The minimum absolute atomic E-state index is 1.12. The number of anilines is 3. The van der Waals surface area contributed by atoms with E-state index in [0.717, 1.165) is 17.1 Å². The molecule has 0 radical (unpaired) electrons. The number of benzene rings is 9. The first-order valence-electron chi connectivity index (χ1n) is 16.2. The molecule has 1 heteroatoms. The van der Waals surface area contributed by atoms with Crippen LogP contribution in [0.2, 0.25) is 0 Å². The minimum Gasteiger partial charge on any atom is -0.310 e. The van der Waals surface area contributed by atoms with Gasteiger partial charge < -0.3 is 4.90 Å². The molecule has 1 nitrogen and oxygen atoms in total. The van der Waals surface area contributed by atoms with Gasteiger partial charge >= 0.3 is 0 Å². The van der Waals surface area contributed by atoms with Crippen molar-refractivity contribution in [3.8, 4) is 22.3 Å². The van der Waals surface area contributed by atoms with Gasteiger partial charge in [0.15, 0.2) is 0 Å². The summed E-state index contributed by atoms with van der Waals surface area (Å²) in [7, 11) is 0. The molecule has 220 valence electrons. The Kier molecular flexibility index (Phi) is 6.54. The molecule has 9 aromatic carbocycles. The van der Waals surface area contributed by atoms with Crippen molar-refractivity contribution in [2.75, 3.05) is 4.90 Å². The lowest BCUT2D eigenvalue weighted by Gasteiger charge is -2.26. The summed E-state index contributed by atoms with van der Waals surface area (Å²) >= 11 is 0. The fraction of sp³-hybridized carbons (Fsp3) is 0. The maximum absolute atomic E-state index is 2.37. The van der Waals surface area contributed by atoms with E-state index in [1.54, 1.807) is 0 Å². The smallest absolute Gasteiger partial charge is 0.0468 e. The van der Waals surface area contributed by atoms with Crippen molar-refractivity contribution in [1.29, 1.82) is 0 Å². The van der Waals surface area contributed by atoms with Crippen LogP contribution in [-0.4, -0.2) is 0 Å². The molecule has 9 aromatic rings. The zero-order valence-corrected chi connectivity index (χ0v) is 25.8. The standard InChI is InChI=1S/C46H31N/c1-2-11-32(12-3-1)37-16-10-17-40(29-37)47(41-28-23-33-13-4-5-15-36(33)30-41)39-26-24-35(25-27-39)45-31-38-22-21-34-14-6-7-18-42(34)46(38)44-20-9-8-19-43(44)45/h1-31H. The van der Waals surface area contributed by atoms with E-state index in [-0.39, 0.29) is 0 Å². The number of hydrogen-bond donors (Lipinski definition) is 0. The molecule has 0 heterocycles. The molecule has 0 fully saturated rings. The molecule has 0 N–H and O–H groups in total. The molecule has 9 rings (SSSR count). The summed E-state index contributed by atoms with van der Waals surface area (Å²) in [4.78, 5) is 2.37. The second-order valence-corrected chi connectivity index (χ2v) is 12.2. The van der Waals surface area contributed by atoms with E-state index in [1.165, 1.54) is 65.3 Å². The highest BCUT2D eigenvalue weighted by atomic mass is 15.1. The van der Waals surface area contributed by atoms with Gasteiger partial charge in [0.2, 0.25) is 0 Å².